The van der Waals surface area contributed by atoms with Crippen molar-refractivity contribution < 1.29 is 0 Å². The average molecular weight is 226 g/mol. The Morgan fingerprint density at radius 1 is 1.31 bits per heavy atom. The molecule has 2 atom stereocenters. The molecular formula is C15H14S. The zero-order valence-electron chi connectivity index (χ0n) is 9.58. The van der Waals surface area contributed by atoms with E-state index in [0.717, 1.165) is 6.42 Å². The van der Waals surface area contributed by atoms with Gasteiger partial charge in [0.05, 0.1) is 10.00 Å². The summed E-state index contributed by atoms with van der Waals surface area (Å²) in [4.78, 5) is 0. The van der Waals surface area contributed by atoms with Crippen molar-refractivity contribution in [3.05, 3.63) is 52.6 Å². The maximum absolute atomic E-state index is 2.45. The Morgan fingerprint density at radius 3 is 3.06 bits per heavy atom. The number of hydrogen-bond acceptors (Lipinski definition) is 1. The van der Waals surface area contributed by atoms with Crippen LogP contribution >= 0.6 is 11.8 Å². The van der Waals surface area contributed by atoms with Crippen LogP contribution in [0.3, 0.4) is 0 Å². The van der Waals surface area contributed by atoms with Gasteiger partial charge in [0.25, 0.3) is 0 Å². The highest BCUT2D eigenvalue weighted by molar-refractivity contribution is 8.09. The van der Waals surface area contributed by atoms with Crippen molar-refractivity contribution in [3.63, 3.8) is 0 Å². The molecule has 1 heterocycles. The molecule has 16 heavy (non-hydrogen) atoms. The zero-order chi connectivity index (χ0) is 10.9. The first-order valence-electron chi connectivity index (χ1n) is 5.90. The van der Waals surface area contributed by atoms with Gasteiger partial charge in [-0.25, -0.2) is 0 Å². The van der Waals surface area contributed by atoms with E-state index < -0.39 is 0 Å². The fraction of sp³-hybridized carbons (Fsp3) is 0.333. The number of allylic oxidation sites excluding steroid dienone is 2. The predicted molar refractivity (Wildman–Crippen MR) is 70.6 cm³/mol. The van der Waals surface area contributed by atoms with Crippen molar-refractivity contribution in [3.8, 4) is 0 Å². The molecule has 0 nitrogen and oxygen atoms in total. The summed E-state index contributed by atoms with van der Waals surface area (Å²) in [5.74, 6) is 0. The predicted octanol–water partition coefficient (Wildman–Crippen LogP) is 4.27. The summed E-state index contributed by atoms with van der Waals surface area (Å²) >= 11 is 2.12. The van der Waals surface area contributed by atoms with Crippen molar-refractivity contribution in [2.45, 2.75) is 30.3 Å². The van der Waals surface area contributed by atoms with Gasteiger partial charge in [0.2, 0.25) is 0 Å². The molecule has 1 aromatic carbocycles. The first kappa shape index (κ1) is 9.12. The van der Waals surface area contributed by atoms with E-state index in [4.69, 9.17) is 0 Å². The zero-order valence-corrected chi connectivity index (χ0v) is 10.4. The molecular weight excluding hydrogens is 212 g/mol. The minimum atomic E-state index is 0.344. The summed E-state index contributed by atoms with van der Waals surface area (Å²) in [5, 5.41) is 0.712. The van der Waals surface area contributed by atoms with E-state index in [1.807, 2.05) is 0 Å². The standard InChI is InChI=1S/C15H14S/c1-9-5-3-7-11-12(9)13-10(2)6-4-8-15(13)14(11)16-15/h3-5,7-8,14H,6H2,1-2H3. The lowest BCUT2D eigenvalue weighted by Crippen LogP contribution is -2.10. The first-order valence-corrected chi connectivity index (χ1v) is 6.77. The monoisotopic (exact) mass is 226 g/mol. The van der Waals surface area contributed by atoms with Gasteiger partial charge in [0, 0.05) is 0 Å². The molecule has 1 aromatic rings. The molecule has 0 N–H and O–H groups in total. The molecule has 0 saturated carbocycles. The quantitative estimate of drug-likeness (QED) is 0.470. The van der Waals surface area contributed by atoms with E-state index in [2.05, 4.69) is 56.0 Å². The minimum Gasteiger partial charge on any atom is -0.134 e. The van der Waals surface area contributed by atoms with Crippen LogP contribution in [0.1, 0.15) is 35.3 Å². The van der Waals surface area contributed by atoms with Crippen molar-refractivity contribution in [1.29, 1.82) is 0 Å². The highest BCUT2D eigenvalue weighted by atomic mass is 32.2. The van der Waals surface area contributed by atoms with E-state index in [1.165, 1.54) is 5.56 Å². The highest BCUT2D eigenvalue weighted by Gasteiger charge is 2.63. The van der Waals surface area contributed by atoms with Crippen molar-refractivity contribution in [2.75, 3.05) is 0 Å². The Bertz CT molecular complexity index is 565. The van der Waals surface area contributed by atoms with Crippen LogP contribution in [0.2, 0.25) is 0 Å². The van der Waals surface area contributed by atoms with Gasteiger partial charge >= 0.3 is 0 Å². The first-order chi connectivity index (χ1) is 7.74. The van der Waals surface area contributed by atoms with Gasteiger partial charge in [-0.3, -0.25) is 0 Å². The molecule has 1 aliphatic heterocycles. The molecule has 0 bridgehead atoms. The van der Waals surface area contributed by atoms with E-state index >= 15 is 0 Å². The largest absolute Gasteiger partial charge is 0.134 e. The highest BCUT2D eigenvalue weighted by Crippen LogP contribution is 2.78. The van der Waals surface area contributed by atoms with Crippen LogP contribution in [-0.2, 0) is 0 Å². The van der Waals surface area contributed by atoms with Crippen LogP contribution < -0.4 is 0 Å². The van der Waals surface area contributed by atoms with Gasteiger partial charge in [-0.1, -0.05) is 35.9 Å². The van der Waals surface area contributed by atoms with E-state index in [9.17, 15) is 0 Å². The number of thioether (sulfide) groups is 1. The Balaban J connectivity index is 2.08. The summed E-state index contributed by atoms with van der Waals surface area (Å²) in [6, 6.07) is 6.78. The molecule has 1 fully saturated rings. The number of fused-ring (bicyclic) bond motifs is 3. The Kier molecular flexibility index (Phi) is 1.51. The molecule has 2 aliphatic carbocycles. The third-order valence-electron chi connectivity index (χ3n) is 4.09. The molecule has 80 valence electrons. The van der Waals surface area contributed by atoms with Gasteiger partial charge in [-0.15, -0.1) is 11.8 Å². The van der Waals surface area contributed by atoms with Gasteiger partial charge in [0.15, 0.2) is 0 Å². The number of hydrogen-bond donors (Lipinski definition) is 0. The third-order valence-corrected chi connectivity index (χ3v) is 5.66. The summed E-state index contributed by atoms with van der Waals surface area (Å²) in [6.07, 6.45) is 5.94. The third kappa shape index (κ3) is 0.856. The Hall–Kier alpha value is -0.950. The lowest BCUT2D eigenvalue weighted by Gasteiger charge is -2.20. The smallest absolute Gasteiger partial charge is 0.0760 e. The van der Waals surface area contributed by atoms with E-state index in [0.29, 0.717) is 10.00 Å². The molecule has 1 saturated heterocycles. The van der Waals surface area contributed by atoms with E-state index in [1.54, 1.807) is 22.3 Å². The van der Waals surface area contributed by atoms with Gasteiger partial charge in [-0.05, 0) is 42.5 Å². The summed E-state index contributed by atoms with van der Waals surface area (Å²) in [6.45, 7) is 4.55. The second kappa shape index (κ2) is 2.65. The van der Waals surface area contributed by atoms with Crippen molar-refractivity contribution in [2.24, 2.45) is 0 Å². The molecule has 2 unspecified atom stereocenters. The van der Waals surface area contributed by atoms with Crippen LogP contribution in [0, 0.1) is 6.92 Å². The topological polar surface area (TPSA) is 0 Å². The van der Waals surface area contributed by atoms with E-state index in [-0.39, 0.29) is 0 Å². The molecule has 3 aliphatic rings. The second-order valence-electron chi connectivity index (χ2n) is 5.09. The Labute approximate surface area is 100 Å². The fourth-order valence-electron chi connectivity index (χ4n) is 3.36. The lowest BCUT2D eigenvalue weighted by molar-refractivity contribution is 0.983. The molecule has 1 heteroatoms. The van der Waals surface area contributed by atoms with Gasteiger partial charge < -0.3 is 0 Å². The van der Waals surface area contributed by atoms with Crippen molar-refractivity contribution >= 4 is 17.3 Å². The van der Waals surface area contributed by atoms with Crippen LogP contribution in [0.4, 0.5) is 0 Å². The molecule has 0 aromatic heterocycles. The summed E-state index contributed by atoms with van der Waals surface area (Å²) < 4.78 is 0.344. The van der Waals surface area contributed by atoms with Crippen LogP contribution in [-0.4, -0.2) is 4.75 Å². The lowest BCUT2D eigenvalue weighted by atomic mass is 9.87. The molecule has 4 rings (SSSR count). The summed E-state index contributed by atoms with van der Waals surface area (Å²) in [5.41, 5.74) is 7.80. The molecule has 0 amide bonds. The number of aryl methyl sites for hydroxylation is 1. The number of rotatable bonds is 0. The Morgan fingerprint density at radius 2 is 2.19 bits per heavy atom. The normalized spacial score (nSPS) is 33.5. The molecule has 1 spiro atoms. The minimum absolute atomic E-state index is 0.344. The second-order valence-corrected chi connectivity index (χ2v) is 6.47. The maximum Gasteiger partial charge on any atom is 0.0760 e. The fourth-order valence-corrected chi connectivity index (χ4v) is 4.90. The van der Waals surface area contributed by atoms with Gasteiger partial charge in [-0.2, -0.15) is 0 Å². The van der Waals surface area contributed by atoms with Crippen molar-refractivity contribution in [1.82, 2.24) is 0 Å². The SMILES string of the molecule is CC1=C2c3c(C)cccc3C3SC23C=CC1. The van der Waals surface area contributed by atoms with Crippen LogP contribution in [0.25, 0.3) is 5.57 Å². The van der Waals surface area contributed by atoms with Crippen LogP contribution in [0.5, 0.6) is 0 Å². The van der Waals surface area contributed by atoms with Gasteiger partial charge in [0.1, 0.15) is 0 Å². The van der Waals surface area contributed by atoms with Crippen LogP contribution in [0.15, 0.2) is 35.9 Å². The summed E-state index contributed by atoms with van der Waals surface area (Å²) in [7, 11) is 0. The molecule has 0 radical (unpaired) electrons. The maximum atomic E-state index is 2.45. The average Bonchev–Trinajstić information content (AvgIpc) is 2.88. The number of benzene rings is 1.